The van der Waals surface area contributed by atoms with Gasteiger partial charge >= 0.3 is 11.5 Å². The number of hydrogen-bond donors (Lipinski definition) is 0. The summed E-state index contributed by atoms with van der Waals surface area (Å²) >= 11 is 6.21. The number of nitrogens with zero attached hydrogens (tertiary/aromatic N) is 1. The van der Waals surface area contributed by atoms with Gasteiger partial charge in [-0.2, -0.15) is 13.2 Å². The third kappa shape index (κ3) is 4.99. The van der Waals surface area contributed by atoms with E-state index >= 15 is 0 Å². The Morgan fingerprint density at radius 3 is 2.42 bits per heavy atom. The average Bonchev–Trinajstić information content (AvgIpc) is 2.74. The molecule has 3 aromatic carbocycles. The first-order valence-corrected chi connectivity index (χ1v) is 11.9. The molecule has 174 valence electrons. The van der Waals surface area contributed by atoms with Crippen LogP contribution in [0.25, 0.3) is 10.8 Å². The van der Waals surface area contributed by atoms with Crippen LogP contribution in [0.1, 0.15) is 0 Å². The lowest BCUT2D eigenvalue weighted by Crippen LogP contribution is -2.23. The van der Waals surface area contributed by atoms with Crippen molar-refractivity contribution in [3.63, 3.8) is 0 Å². The Balaban J connectivity index is 1.86. The van der Waals surface area contributed by atoms with E-state index in [0.29, 0.717) is 17.5 Å². The molecular formula is C19H11ClF3NO7S2. The Morgan fingerprint density at radius 2 is 1.79 bits per heavy atom. The molecule has 0 aliphatic rings. The predicted molar refractivity (Wildman–Crippen MR) is 112 cm³/mol. The maximum atomic E-state index is 12.7. The molecule has 0 bridgehead atoms. The molecule has 14 heteroatoms. The van der Waals surface area contributed by atoms with E-state index in [1.807, 2.05) is 0 Å². The first-order chi connectivity index (χ1) is 15.3. The minimum Gasteiger partial charge on any atom is -0.424 e. The van der Waals surface area contributed by atoms with E-state index in [2.05, 4.69) is 0 Å². The first kappa shape index (κ1) is 24.6. The number of hydrogen-bond acceptors (Lipinski definition) is 7. The van der Waals surface area contributed by atoms with E-state index in [9.17, 15) is 40.7 Å². The summed E-state index contributed by atoms with van der Waals surface area (Å²) in [7, 11) is -8.32. The number of carbonyl (C=O) groups is 1. The van der Waals surface area contributed by atoms with Crippen molar-refractivity contribution in [1.82, 2.24) is 0 Å². The van der Waals surface area contributed by atoms with Crippen molar-refractivity contribution in [2.24, 2.45) is 0 Å². The zero-order valence-corrected chi connectivity index (χ0v) is 18.4. The van der Waals surface area contributed by atoms with Gasteiger partial charge in [-0.15, -0.1) is 0 Å². The monoisotopic (exact) mass is 521 g/mol. The number of rotatable bonds is 6. The highest BCUT2D eigenvalue weighted by molar-refractivity contribution is 7.92. The average molecular weight is 522 g/mol. The van der Waals surface area contributed by atoms with Crippen molar-refractivity contribution in [2.75, 3.05) is 5.75 Å². The number of ether oxygens (including phenoxy) is 1. The van der Waals surface area contributed by atoms with Gasteiger partial charge in [0.25, 0.3) is 15.5 Å². The van der Waals surface area contributed by atoms with E-state index in [1.165, 1.54) is 6.07 Å². The normalized spacial score (nSPS) is 13.0. The molecule has 0 heterocycles. The fourth-order valence-electron chi connectivity index (χ4n) is 2.76. The van der Waals surface area contributed by atoms with E-state index in [0.717, 1.165) is 5.39 Å². The summed E-state index contributed by atoms with van der Waals surface area (Å²) in [5, 5.41) is 12.7. The number of carbonyl (C=O) groups excluding carboxylic acids is 1. The molecule has 3 rings (SSSR count). The number of alkyl halides is 3. The molecule has 0 saturated carbocycles. The largest absolute Gasteiger partial charge is 0.501 e. The standard InChI is InChI=1S/C19H11ClF3NO7S2/c20-18-13-4-2-1-3-11(13)5-7-15(18)31-17(25)10-32(28)16-8-6-12(9-14(16)24(26)27)33(29,30)19(21,22)23/h1-9H,10H2. The second-order valence-corrected chi connectivity index (χ2v) is 10.1. The van der Waals surface area contributed by atoms with Crippen molar-refractivity contribution >= 4 is 54.7 Å². The molecule has 0 N–H and O–H groups in total. The smallest absolute Gasteiger partial charge is 0.424 e. The number of nitro benzene ring substituents is 1. The van der Waals surface area contributed by atoms with Gasteiger partial charge in [-0.3, -0.25) is 19.1 Å². The molecule has 0 aliphatic heterocycles. The van der Waals surface area contributed by atoms with Gasteiger partial charge < -0.3 is 4.74 Å². The van der Waals surface area contributed by atoms with Crippen LogP contribution in [0.4, 0.5) is 18.9 Å². The van der Waals surface area contributed by atoms with E-state index < -0.39 is 58.3 Å². The molecule has 0 saturated heterocycles. The summed E-state index contributed by atoms with van der Waals surface area (Å²) in [5.41, 5.74) is -6.85. The summed E-state index contributed by atoms with van der Waals surface area (Å²) in [6.45, 7) is 0. The lowest BCUT2D eigenvalue weighted by Gasteiger charge is -2.10. The van der Waals surface area contributed by atoms with Crippen molar-refractivity contribution < 1.29 is 40.3 Å². The molecule has 8 nitrogen and oxygen atoms in total. The molecule has 3 aromatic rings. The summed E-state index contributed by atoms with van der Waals surface area (Å²) in [5.74, 6) is -2.06. The number of fused-ring (bicyclic) bond motifs is 1. The lowest BCUT2D eigenvalue weighted by atomic mass is 10.1. The Kier molecular flexibility index (Phi) is 6.77. The van der Waals surface area contributed by atoms with Gasteiger partial charge in [0, 0.05) is 11.5 Å². The van der Waals surface area contributed by atoms with Crippen molar-refractivity contribution in [2.45, 2.75) is 15.3 Å². The van der Waals surface area contributed by atoms with Crippen LogP contribution in [-0.4, -0.2) is 34.8 Å². The Morgan fingerprint density at radius 1 is 1.12 bits per heavy atom. The van der Waals surface area contributed by atoms with Gasteiger partial charge in [0.05, 0.1) is 25.6 Å². The van der Waals surface area contributed by atoms with Crippen molar-refractivity contribution in [3.05, 3.63) is 69.7 Å². The molecule has 0 spiro atoms. The zero-order chi connectivity index (χ0) is 24.6. The zero-order valence-electron chi connectivity index (χ0n) is 16.0. The van der Waals surface area contributed by atoms with Crippen molar-refractivity contribution in [3.8, 4) is 5.75 Å². The quantitative estimate of drug-likeness (QED) is 0.204. The van der Waals surface area contributed by atoms with Gasteiger partial charge in [0.15, 0.2) is 0 Å². The number of sulfone groups is 1. The van der Waals surface area contributed by atoms with Crippen LogP contribution >= 0.6 is 11.6 Å². The van der Waals surface area contributed by atoms with E-state index in [1.54, 1.807) is 30.3 Å². The number of halogens is 4. The van der Waals surface area contributed by atoms with Crippen LogP contribution in [0.5, 0.6) is 5.75 Å². The molecule has 0 amide bonds. The predicted octanol–water partition coefficient (Wildman–Crippen LogP) is 4.41. The number of benzene rings is 3. The summed E-state index contributed by atoms with van der Waals surface area (Å²) in [4.78, 5) is 20.3. The summed E-state index contributed by atoms with van der Waals surface area (Å²) < 4.78 is 78.8. The Hall–Kier alpha value is -3.03. The highest BCUT2D eigenvalue weighted by Crippen LogP contribution is 2.35. The summed E-state index contributed by atoms with van der Waals surface area (Å²) in [6.07, 6.45) is 0. The fraction of sp³-hybridized carbons (Fsp3) is 0.105. The van der Waals surface area contributed by atoms with Gasteiger partial charge in [-0.25, -0.2) is 8.42 Å². The van der Waals surface area contributed by atoms with Crippen LogP contribution in [0.3, 0.4) is 0 Å². The molecule has 0 radical (unpaired) electrons. The minimum absolute atomic E-state index is 0.0570. The van der Waals surface area contributed by atoms with Gasteiger partial charge in [0.1, 0.15) is 16.4 Å². The Labute approximate surface area is 191 Å². The van der Waals surface area contributed by atoms with Gasteiger partial charge in [-0.1, -0.05) is 41.9 Å². The number of esters is 1. The maximum absolute atomic E-state index is 12.7. The maximum Gasteiger partial charge on any atom is 0.501 e. The highest BCUT2D eigenvalue weighted by Gasteiger charge is 2.47. The molecule has 0 aromatic heterocycles. The second kappa shape index (κ2) is 9.08. The van der Waals surface area contributed by atoms with E-state index in [4.69, 9.17) is 16.3 Å². The SMILES string of the molecule is O=C(CS(=O)c1ccc(S(=O)(=O)C(F)(F)F)cc1[N+](=O)[O-])Oc1ccc2ccccc2c1Cl. The number of nitro groups is 1. The van der Waals surface area contributed by atoms with Crippen molar-refractivity contribution in [1.29, 1.82) is 0 Å². The minimum atomic E-state index is -5.87. The topological polar surface area (TPSA) is 121 Å². The summed E-state index contributed by atoms with van der Waals surface area (Å²) in [6, 6.07) is 11.1. The first-order valence-electron chi connectivity index (χ1n) is 8.69. The third-order valence-electron chi connectivity index (χ3n) is 4.29. The van der Waals surface area contributed by atoms with Crippen LogP contribution < -0.4 is 4.74 Å². The molecule has 1 unspecified atom stereocenters. The highest BCUT2D eigenvalue weighted by atomic mass is 35.5. The fourth-order valence-corrected chi connectivity index (χ4v) is 4.83. The third-order valence-corrected chi connectivity index (χ3v) is 7.50. The van der Waals surface area contributed by atoms with Crippen LogP contribution in [0.2, 0.25) is 5.02 Å². The second-order valence-electron chi connectivity index (χ2n) is 6.40. The molecule has 0 fully saturated rings. The van der Waals surface area contributed by atoms with E-state index in [-0.39, 0.29) is 16.8 Å². The Bertz CT molecular complexity index is 1410. The molecular weight excluding hydrogens is 511 g/mol. The molecule has 1 atom stereocenters. The molecule has 0 aliphatic carbocycles. The molecule has 33 heavy (non-hydrogen) atoms. The van der Waals surface area contributed by atoms with Crippen LogP contribution in [0.15, 0.2) is 64.4 Å². The van der Waals surface area contributed by atoms with Gasteiger partial charge in [0.2, 0.25) is 0 Å². The van der Waals surface area contributed by atoms with Crippen LogP contribution in [0, 0.1) is 10.1 Å². The lowest BCUT2D eigenvalue weighted by molar-refractivity contribution is -0.388. The van der Waals surface area contributed by atoms with Crippen LogP contribution in [-0.2, 0) is 25.4 Å². The van der Waals surface area contributed by atoms with Gasteiger partial charge in [-0.05, 0) is 23.6 Å².